The molecule has 0 aromatic heterocycles. The van der Waals surface area contributed by atoms with Crippen LogP contribution >= 0.6 is 0 Å². The van der Waals surface area contributed by atoms with Crippen LogP contribution < -0.4 is 4.74 Å². The molecule has 1 heterocycles. The van der Waals surface area contributed by atoms with Gasteiger partial charge in [-0.2, -0.15) is 13.2 Å². The van der Waals surface area contributed by atoms with E-state index in [1.165, 1.54) is 0 Å². The number of rotatable bonds is 4. The number of nitro benzene ring substituents is 1. The number of likely N-dealkylation sites (N-methyl/N-ethyl adjacent to an activating group) is 1. The van der Waals surface area contributed by atoms with E-state index in [-0.39, 0.29) is 12.6 Å². The zero-order valence-electron chi connectivity index (χ0n) is 11.4. The van der Waals surface area contributed by atoms with Crippen molar-refractivity contribution in [2.45, 2.75) is 25.1 Å². The van der Waals surface area contributed by atoms with E-state index in [0.717, 1.165) is 31.5 Å². The predicted molar refractivity (Wildman–Crippen MR) is 69.2 cm³/mol. The molecule has 1 aromatic rings. The Morgan fingerprint density at radius 2 is 2.19 bits per heavy atom. The molecular weight excluding hydrogens is 289 g/mol. The molecule has 1 atom stereocenters. The van der Waals surface area contributed by atoms with Crippen molar-refractivity contribution in [2.24, 2.45) is 0 Å². The van der Waals surface area contributed by atoms with Gasteiger partial charge >= 0.3 is 6.18 Å². The fraction of sp³-hybridized carbons (Fsp3) is 0.538. The maximum atomic E-state index is 12.9. The van der Waals surface area contributed by atoms with Crippen LogP contribution in [0.3, 0.4) is 0 Å². The number of alkyl halides is 3. The first kappa shape index (κ1) is 15.6. The lowest BCUT2D eigenvalue weighted by Crippen LogP contribution is -2.31. The van der Waals surface area contributed by atoms with E-state index in [0.29, 0.717) is 6.07 Å². The predicted octanol–water partition coefficient (Wildman–Crippen LogP) is 3.09. The minimum Gasteiger partial charge on any atom is -0.491 e. The standard InChI is InChI=1S/C13H15F3N2O3/c1-17-6-2-3-10(17)8-21-12-7-9(18(19)20)4-5-11(12)13(14,15)16/h4-5,7,10H,2-3,6,8H2,1H3. The Bertz CT molecular complexity index is 534. The van der Waals surface area contributed by atoms with Gasteiger partial charge in [0.05, 0.1) is 16.6 Å². The Balaban J connectivity index is 2.22. The molecule has 8 heteroatoms. The van der Waals surface area contributed by atoms with Crippen molar-refractivity contribution in [3.63, 3.8) is 0 Å². The van der Waals surface area contributed by atoms with E-state index in [1.807, 2.05) is 11.9 Å². The topological polar surface area (TPSA) is 55.6 Å². The SMILES string of the molecule is CN1CCCC1COc1cc([N+](=O)[O-])ccc1C(F)(F)F. The third-order valence-electron chi connectivity index (χ3n) is 3.58. The second-order valence-corrected chi connectivity index (χ2v) is 5.02. The molecule has 21 heavy (non-hydrogen) atoms. The number of nitro groups is 1. The molecule has 0 radical (unpaired) electrons. The number of nitrogens with zero attached hydrogens (tertiary/aromatic N) is 2. The first-order valence-electron chi connectivity index (χ1n) is 6.47. The minimum atomic E-state index is -4.61. The molecule has 0 amide bonds. The summed E-state index contributed by atoms with van der Waals surface area (Å²) in [6.07, 6.45) is -2.80. The number of non-ortho nitro benzene ring substituents is 1. The monoisotopic (exact) mass is 304 g/mol. The van der Waals surface area contributed by atoms with Crippen molar-refractivity contribution in [2.75, 3.05) is 20.2 Å². The molecule has 0 bridgehead atoms. The van der Waals surface area contributed by atoms with Gasteiger partial charge in [-0.25, -0.2) is 0 Å². The highest BCUT2D eigenvalue weighted by Gasteiger charge is 2.35. The molecule has 0 N–H and O–H groups in total. The van der Waals surface area contributed by atoms with Crippen LogP contribution in [0.4, 0.5) is 18.9 Å². The quantitative estimate of drug-likeness (QED) is 0.633. The van der Waals surface area contributed by atoms with Crippen LogP contribution in [0.2, 0.25) is 0 Å². The van der Waals surface area contributed by atoms with Crippen molar-refractivity contribution < 1.29 is 22.8 Å². The summed E-state index contributed by atoms with van der Waals surface area (Å²) < 4.78 is 43.9. The summed E-state index contributed by atoms with van der Waals surface area (Å²) in [5.41, 5.74) is -1.41. The molecule has 0 saturated carbocycles. The van der Waals surface area contributed by atoms with Gasteiger partial charge in [-0.15, -0.1) is 0 Å². The highest BCUT2D eigenvalue weighted by molar-refractivity contribution is 5.45. The second-order valence-electron chi connectivity index (χ2n) is 5.02. The molecule has 5 nitrogen and oxygen atoms in total. The molecule has 1 aliphatic rings. The molecule has 1 saturated heterocycles. The van der Waals surface area contributed by atoms with Crippen molar-refractivity contribution in [1.82, 2.24) is 4.90 Å². The summed E-state index contributed by atoms with van der Waals surface area (Å²) in [4.78, 5) is 12.0. The number of ether oxygens (including phenoxy) is 1. The van der Waals surface area contributed by atoms with Gasteiger partial charge < -0.3 is 9.64 Å². The van der Waals surface area contributed by atoms with Gasteiger partial charge in [-0.3, -0.25) is 10.1 Å². The molecule has 0 spiro atoms. The zero-order valence-corrected chi connectivity index (χ0v) is 11.4. The zero-order chi connectivity index (χ0) is 15.6. The highest BCUT2D eigenvalue weighted by atomic mass is 19.4. The molecule has 1 fully saturated rings. The maximum Gasteiger partial charge on any atom is 0.419 e. The van der Waals surface area contributed by atoms with E-state index >= 15 is 0 Å². The van der Waals surface area contributed by atoms with Gasteiger partial charge in [0.25, 0.3) is 5.69 Å². The fourth-order valence-electron chi connectivity index (χ4n) is 2.35. The molecule has 1 aliphatic heterocycles. The van der Waals surface area contributed by atoms with E-state index in [2.05, 4.69) is 0 Å². The number of hydrogen-bond acceptors (Lipinski definition) is 4. The largest absolute Gasteiger partial charge is 0.491 e. The van der Waals surface area contributed by atoms with Crippen molar-refractivity contribution in [1.29, 1.82) is 0 Å². The summed E-state index contributed by atoms with van der Waals surface area (Å²) in [7, 11) is 1.87. The normalized spacial score (nSPS) is 19.7. The van der Waals surface area contributed by atoms with Crippen LogP contribution in [0.5, 0.6) is 5.75 Å². The Hall–Kier alpha value is -1.83. The number of likely N-dealkylation sites (tertiary alicyclic amines) is 1. The Labute approximate surface area is 119 Å². The third kappa shape index (κ3) is 3.63. The first-order chi connectivity index (χ1) is 9.79. The van der Waals surface area contributed by atoms with Crippen LogP contribution in [0, 0.1) is 10.1 Å². The molecule has 2 rings (SSSR count). The van der Waals surface area contributed by atoms with Crippen molar-refractivity contribution >= 4 is 5.69 Å². The second kappa shape index (κ2) is 5.88. The lowest BCUT2D eigenvalue weighted by atomic mass is 10.1. The Kier molecular flexibility index (Phi) is 4.36. The summed E-state index contributed by atoms with van der Waals surface area (Å²) >= 11 is 0. The van der Waals surface area contributed by atoms with E-state index in [1.54, 1.807) is 0 Å². The van der Waals surface area contributed by atoms with Crippen LogP contribution in [-0.4, -0.2) is 36.1 Å². The van der Waals surface area contributed by atoms with E-state index in [4.69, 9.17) is 4.74 Å². The van der Waals surface area contributed by atoms with Gasteiger partial charge in [0.2, 0.25) is 0 Å². The Morgan fingerprint density at radius 1 is 1.48 bits per heavy atom. The van der Waals surface area contributed by atoms with E-state index in [9.17, 15) is 23.3 Å². The van der Waals surface area contributed by atoms with E-state index < -0.39 is 28.1 Å². The van der Waals surface area contributed by atoms with Crippen LogP contribution in [0.1, 0.15) is 18.4 Å². The number of hydrogen-bond donors (Lipinski definition) is 0. The van der Waals surface area contributed by atoms with Gasteiger partial charge in [0, 0.05) is 12.1 Å². The molecule has 0 aliphatic carbocycles. The van der Waals surface area contributed by atoms with Gasteiger partial charge in [-0.1, -0.05) is 0 Å². The van der Waals surface area contributed by atoms with Crippen molar-refractivity contribution in [3.8, 4) is 5.75 Å². The summed E-state index contributed by atoms with van der Waals surface area (Å²) in [6, 6.07) is 2.38. The van der Waals surface area contributed by atoms with Gasteiger partial charge in [0.15, 0.2) is 0 Å². The molecule has 116 valence electrons. The number of halogens is 3. The molecular formula is C13H15F3N2O3. The lowest BCUT2D eigenvalue weighted by Gasteiger charge is -2.21. The highest BCUT2D eigenvalue weighted by Crippen LogP contribution is 2.38. The summed E-state index contributed by atoms with van der Waals surface area (Å²) in [5.74, 6) is -0.489. The average molecular weight is 304 g/mol. The van der Waals surface area contributed by atoms with Crippen LogP contribution in [0.25, 0.3) is 0 Å². The minimum absolute atomic E-state index is 0.0327. The number of benzene rings is 1. The fourth-order valence-corrected chi connectivity index (χ4v) is 2.35. The van der Waals surface area contributed by atoms with Crippen LogP contribution in [0.15, 0.2) is 18.2 Å². The first-order valence-corrected chi connectivity index (χ1v) is 6.47. The maximum absolute atomic E-state index is 12.9. The average Bonchev–Trinajstić information content (AvgIpc) is 2.80. The molecule has 1 unspecified atom stereocenters. The van der Waals surface area contributed by atoms with Crippen molar-refractivity contribution in [3.05, 3.63) is 33.9 Å². The Morgan fingerprint density at radius 3 is 2.71 bits per heavy atom. The smallest absolute Gasteiger partial charge is 0.419 e. The van der Waals surface area contributed by atoms with Gasteiger partial charge in [-0.05, 0) is 32.5 Å². The van der Waals surface area contributed by atoms with Gasteiger partial charge in [0.1, 0.15) is 12.4 Å². The summed E-state index contributed by atoms with van der Waals surface area (Å²) in [5, 5.41) is 10.7. The van der Waals surface area contributed by atoms with Crippen LogP contribution in [-0.2, 0) is 6.18 Å². The summed E-state index contributed by atoms with van der Waals surface area (Å²) in [6.45, 7) is 0.954. The lowest BCUT2D eigenvalue weighted by molar-refractivity contribution is -0.385. The third-order valence-corrected chi connectivity index (χ3v) is 3.58. The molecule has 1 aromatic carbocycles.